The third-order valence-electron chi connectivity index (χ3n) is 4.36. The van der Waals surface area contributed by atoms with Crippen LogP contribution in [0.15, 0.2) is 53.4 Å². The molecule has 6 nitrogen and oxygen atoms in total. The van der Waals surface area contributed by atoms with Gasteiger partial charge in [0.1, 0.15) is 11.5 Å². The van der Waals surface area contributed by atoms with Crippen molar-refractivity contribution in [3.63, 3.8) is 0 Å². The third kappa shape index (κ3) is 3.90. The standard InChI is InChI=1S/C21H21NO5S/c1-26-16-9-7-14(8-10-16)18-19(28-12-11-23)21(25)22(20(18)24)13-15-5-3-4-6-17(15)27-2/h3-10,23H,11-13H2,1-2H3. The summed E-state index contributed by atoms with van der Waals surface area (Å²) in [6.45, 7) is 0.0303. The topological polar surface area (TPSA) is 76.1 Å². The van der Waals surface area contributed by atoms with E-state index >= 15 is 0 Å². The van der Waals surface area contributed by atoms with Gasteiger partial charge in [0, 0.05) is 11.3 Å². The summed E-state index contributed by atoms with van der Waals surface area (Å²) in [6, 6.07) is 14.3. The molecule has 0 aromatic heterocycles. The summed E-state index contributed by atoms with van der Waals surface area (Å²) >= 11 is 1.19. The third-order valence-corrected chi connectivity index (χ3v) is 5.42. The number of carbonyl (C=O) groups is 2. The number of benzene rings is 2. The van der Waals surface area contributed by atoms with Crippen molar-refractivity contribution >= 4 is 29.1 Å². The van der Waals surface area contributed by atoms with Crippen LogP contribution in [0.5, 0.6) is 11.5 Å². The highest BCUT2D eigenvalue weighted by Gasteiger charge is 2.39. The van der Waals surface area contributed by atoms with Crippen molar-refractivity contribution < 1.29 is 24.2 Å². The van der Waals surface area contributed by atoms with Gasteiger partial charge in [-0.25, -0.2) is 0 Å². The summed E-state index contributed by atoms with van der Waals surface area (Å²) in [7, 11) is 3.12. The molecule has 3 rings (SSSR count). The zero-order valence-corrected chi connectivity index (χ0v) is 16.5. The maximum Gasteiger partial charge on any atom is 0.268 e. The van der Waals surface area contributed by atoms with Gasteiger partial charge in [-0.05, 0) is 23.8 Å². The lowest BCUT2D eigenvalue weighted by atomic mass is 10.1. The van der Waals surface area contributed by atoms with E-state index in [9.17, 15) is 14.7 Å². The highest BCUT2D eigenvalue weighted by Crippen LogP contribution is 2.37. The van der Waals surface area contributed by atoms with Gasteiger partial charge in [0.25, 0.3) is 11.8 Å². The second kappa shape index (κ2) is 8.95. The predicted molar refractivity (Wildman–Crippen MR) is 108 cm³/mol. The first-order chi connectivity index (χ1) is 13.6. The van der Waals surface area contributed by atoms with E-state index in [1.807, 2.05) is 18.2 Å². The first kappa shape index (κ1) is 20.0. The summed E-state index contributed by atoms with van der Waals surface area (Å²) in [5.74, 6) is 0.889. The highest BCUT2D eigenvalue weighted by atomic mass is 32.2. The smallest absolute Gasteiger partial charge is 0.268 e. The number of thioether (sulfide) groups is 1. The molecule has 0 unspecified atom stereocenters. The monoisotopic (exact) mass is 399 g/mol. The zero-order chi connectivity index (χ0) is 20.1. The molecule has 0 aliphatic carbocycles. The van der Waals surface area contributed by atoms with Crippen LogP contribution in [0.1, 0.15) is 11.1 Å². The van der Waals surface area contributed by atoms with Crippen molar-refractivity contribution in [3.05, 3.63) is 64.6 Å². The van der Waals surface area contributed by atoms with Crippen molar-refractivity contribution in [3.8, 4) is 11.5 Å². The molecule has 1 aliphatic heterocycles. The summed E-state index contributed by atoms with van der Waals surface area (Å²) in [5.41, 5.74) is 1.73. The lowest BCUT2D eigenvalue weighted by Crippen LogP contribution is -2.31. The Balaban J connectivity index is 1.96. The molecule has 2 aromatic rings. The summed E-state index contributed by atoms with van der Waals surface area (Å²) < 4.78 is 10.5. The number of hydrogen-bond acceptors (Lipinski definition) is 6. The summed E-state index contributed by atoms with van der Waals surface area (Å²) in [5, 5.41) is 9.19. The van der Waals surface area contributed by atoms with Crippen molar-refractivity contribution in [2.75, 3.05) is 26.6 Å². The SMILES string of the molecule is COc1ccc(C2=C(SCCO)C(=O)N(Cc3ccccc3OC)C2=O)cc1. The van der Waals surface area contributed by atoms with Crippen LogP contribution >= 0.6 is 11.8 Å². The van der Waals surface area contributed by atoms with Crippen LogP contribution in [-0.2, 0) is 16.1 Å². The first-order valence-electron chi connectivity index (χ1n) is 8.71. The number of para-hydroxylation sites is 1. The van der Waals surface area contributed by atoms with Crippen LogP contribution in [-0.4, -0.2) is 48.4 Å². The molecule has 1 heterocycles. The van der Waals surface area contributed by atoms with E-state index in [1.54, 1.807) is 44.6 Å². The van der Waals surface area contributed by atoms with Crippen molar-refractivity contribution in [1.29, 1.82) is 0 Å². The summed E-state index contributed by atoms with van der Waals surface area (Å²) in [6.07, 6.45) is 0. The Kier molecular flexibility index (Phi) is 6.38. The molecule has 0 atom stereocenters. The molecule has 146 valence electrons. The molecule has 0 spiro atoms. The fourth-order valence-electron chi connectivity index (χ4n) is 3.00. The quantitative estimate of drug-likeness (QED) is 0.688. The largest absolute Gasteiger partial charge is 0.497 e. The molecule has 1 N–H and O–H groups in total. The lowest BCUT2D eigenvalue weighted by molar-refractivity contribution is -0.137. The lowest BCUT2D eigenvalue weighted by Gasteiger charge is -2.17. The summed E-state index contributed by atoms with van der Waals surface area (Å²) in [4.78, 5) is 27.7. The van der Waals surface area contributed by atoms with Gasteiger partial charge in [-0.2, -0.15) is 0 Å². The van der Waals surface area contributed by atoms with Crippen molar-refractivity contribution in [2.45, 2.75) is 6.54 Å². The maximum atomic E-state index is 13.1. The van der Waals surface area contributed by atoms with Crippen LogP contribution < -0.4 is 9.47 Å². The molecular formula is C21H21NO5S. The van der Waals surface area contributed by atoms with Crippen molar-refractivity contribution in [2.24, 2.45) is 0 Å². The highest BCUT2D eigenvalue weighted by molar-refractivity contribution is 8.04. The molecule has 28 heavy (non-hydrogen) atoms. The first-order valence-corrected chi connectivity index (χ1v) is 9.69. The van der Waals surface area contributed by atoms with Crippen LogP contribution in [0, 0.1) is 0 Å². The maximum absolute atomic E-state index is 13.1. The van der Waals surface area contributed by atoms with E-state index < -0.39 is 0 Å². The van der Waals surface area contributed by atoms with E-state index in [1.165, 1.54) is 16.7 Å². The van der Waals surface area contributed by atoms with Gasteiger partial charge < -0.3 is 14.6 Å². The number of aliphatic hydroxyl groups is 1. The molecular weight excluding hydrogens is 378 g/mol. The zero-order valence-electron chi connectivity index (χ0n) is 15.7. The van der Waals surface area contributed by atoms with Crippen LogP contribution in [0.4, 0.5) is 0 Å². The van der Waals surface area contributed by atoms with Gasteiger partial charge in [0.2, 0.25) is 0 Å². The van der Waals surface area contributed by atoms with Gasteiger partial charge in [-0.15, -0.1) is 11.8 Å². The van der Waals surface area contributed by atoms with Gasteiger partial charge in [-0.1, -0.05) is 30.3 Å². The second-order valence-electron chi connectivity index (χ2n) is 6.01. The van der Waals surface area contributed by atoms with Crippen LogP contribution in [0.2, 0.25) is 0 Å². The molecule has 2 amide bonds. The number of methoxy groups -OCH3 is 2. The second-order valence-corrected chi connectivity index (χ2v) is 7.12. The Morgan fingerprint density at radius 2 is 1.68 bits per heavy atom. The minimum absolute atomic E-state index is 0.0853. The fraction of sp³-hybridized carbons (Fsp3) is 0.238. The normalized spacial score (nSPS) is 14.0. The van der Waals surface area contributed by atoms with E-state index in [0.717, 1.165) is 5.56 Å². The number of rotatable bonds is 8. The van der Waals surface area contributed by atoms with Gasteiger partial charge in [-0.3, -0.25) is 14.5 Å². The van der Waals surface area contributed by atoms with Crippen LogP contribution in [0.3, 0.4) is 0 Å². The minimum Gasteiger partial charge on any atom is -0.497 e. The number of amides is 2. The minimum atomic E-state index is -0.361. The molecule has 7 heteroatoms. The Morgan fingerprint density at radius 1 is 0.964 bits per heavy atom. The van der Waals surface area contributed by atoms with E-state index in [0.29, 0.717) is 33.3 Å². The number of nitrogens with zero attached hydrogens (tertiary/aromatic N) is 1. The average Bonchev–Trinajstić information content (AvgIpc) is 2.96. The molecule has 0 radical (unpaired) electrons. The Morgan fingerprint density at radius 3 is 2.32 bits per heavy atom. The van der Waals surface area contributed by atoms with Crippen molar-refractivity contribution in [1.82, 2.24) is 4.90 Å². The molecule has 1 aliphatic rings. The van der Waals surface area contributed by atoms with Gasteiger partial charge in [0.15, 0.2) is 0 Å². The number of aliphatic hydroxyl groups excluding tert-OH is 1. The Labute approximate surface area is 167 Å². The average molecular weight is 399 g/mol. The number of hydrogen-bond donors (Lipinski definition) is 1. The number of ether oxygens (including phenoxy) is 2. The Hall–Kier alpha value is -2.77. The molecule has 0 bridgehead atoms. The molecule has 0 saturated carbocycles. The fourth-order valence-corrected chi connectivity index (χ4v) is 3.87. The van der Waals surface area contributed by atoms with Gasteiger partial charge >= 0.3 is 0 Å². The molecule has 0 fully saturated rings. The van der Waals surface area contributed by atoms with Crippen LogP contribution in [0.25, 0.3) is 5.57 Å². The Bertz CT molecular complexity index is 907. The molecule has 0 saturated heterocycles. The number of carbonyl (C=O) groups excluding carboxylic acids is 2. The van der Waals surface area contributed by atoms with E-state index in [2.05, 4.69) is 0 Å². The van der Waals surface area contributed by atoms with E-state index in [-0.39, 0.29) is 25.0 Å². The van der Waals surface area contributed by atoms with E-state index in [4.69, 9.17) is 9.47 Å². The number of imide groups is 1. The molecule has 2 aromatic carbocycles. The predicted octanol–water partition coefficient (Wildman–Crippen LogP) is 2.71. The van der Waals surface area contributed by atoms with Gasteiger partial charge in [0.05, 0.1) is 37.8 Å².